The van der Waals surface area contributed by atoms with Crippen molar-refractivity contribution in [1.82, 2.24) is 10.7 Å². The first kappa shape index (κ1) is 26.7. The molecule has 3 rings (SSSR count). The van der Waals surface area contributed by atoms with Gasteiger partial charge in [-0.1, -0.05) is 62.7 Å². The maximum Gasteiger partial charge on any atom is 0.338 e. The molecule has 3 aromatic rings. The molecule has 0 aliphatic rings. The summed E-state index contributed by atoms with van der Waals surface area (Å²) >= 11 is 6.09. The SMILES string of the molecule is CCCOC(=O)c1ccccc1-c1ccc(C=NNC(=O)C(NC(=O)c2ccccc2Cl)C(C)C)o1. The molecule has 2 amide bonds. The lowest BCUT2D eigenvalue weighted by atomic mass is 10.0. The molecule has 0 radical (unpaired) electrons. The highest BCUT2D eigenvalue weighted by Crippen LogP contribution is 2.26. The van der Waals surface area contributed by atoms with Gasteiger partial charge in [0.15, 0.2) is 0 Å². The summed E-state index contributed by atoms with van der Waals surface area (Å²) in [6, 6.07) is 16.1. The van der Waals surface area contributed by atoms with Crippen molar-refractivity contribution >= 4 is 35.6 Å². The summed E-state index contributed by atoms with van der Waals surface area (Å²) in [5.41, 5.74) is 3.70. The number of hydrogen-bond acceptors (Lipinski definition) is 6. The normalized spacial score (nSPS) is 11.9. The smallest absolute Gasteiger partial charge is 0.338 e. The molecular formula is C27H28ClN3O5. The standard InChI is InChI=1S/C27H28ClN3O5/c1-4-15-35-27(34)20-10-6-5-9-19(20)23-14-13-18(36-23)16-29-31-26(33)24(17(2)3)30-25(32)21-11-7-8-12-22(21)28/h5-14,16-17,24H,4,15H2,1-3H3,(H,30,32)(H,31,33). The Hall–Kier alpha value is -3.91. The Morgan fingerprint density at radius 2 is 1.72 bits per heavy atom. The van der Waals surface area contributed by atoms with E-state index in [1.807, 2.05) is 20.8 Å². The van der Waals surface area contributed by atoms with Crippen molar-refractivity contribution in [2.24, 2.45) is 11.0 Å². The molecule has 1 atom stereocenters. The van der Waals surface area contributed by atoms with Crippen LogP contribution in [-0.4, -0.2) is 36.6 Å². The van der Waals surface area contributed by atoms with Gasteiger partial charge in [-0.05, 0) is 42.7 Å². The Labute approximate surface area is 214 Å². The molecule has 0 fully saturated rings. The first-order chi connectivity index (χ1) is 17.3. The molecule has 188 valence electrons. The first-order valence-electron chi connectivity index (χ1n) is 11.6. The van der Waals surface area contributed by atoms with Gasteiger partial charge >= 0.3 is 5.97 Å². The molecule has 1 aromatic heterocycles. The molecule has 0 aliphatic carbocycles. The molecule has 1 unspecified atom stereocenters. The van der Waals surface area contributed by atoms with Crippen molar-refractivity contribution in [3.63, 3.8) is 0 Å². The molecular weight excluding hydrogens is 482 g/mol. The van der Waals surface area contributed by atoms with Crippen LogP contribution in [0.5, 0.6) is 0 Å². The molecule has 2 aromatic carbocycles. The lowest BCUT2D eigenvalue weighted by Crippen LogP contribution is -2.48. The van der Waals surface area contributed by atoms with Crippen LogP contribution in [0.3, 0.4) is 0 Å². The first-order valence-corrected chi connectivity index (χ1v) is 11.9. The van der Waals surface area contributed by atoms with Crippen molar-refractivity contribution in [3.8, 4) is 11.3 Å². The maximum absolute atomic E-state index is 12.7. The van der Waals surface area contributed by atoms with Crippen molar-refractivity contribution in [2.75, 3.05) is 6.61 Å². The third-order valence-electron chi connectivity index (χ3n) is 5.20. The van der Waals surface area contributed by atoms with E-state index in [4.69, 9.17) is 20.8 Å². The van der Waals surface area contributed by atoms with E-state index in [0.717, 1.165) is 6.42 Å². The van der Waals surface area contributed by atoms with Gasteiger partial charge in [-0.15, -0.1) is 0 Å². The van der Waals surface area contributed by atoms with Crippen LogP contribution in [0.1, 0.15) is 53.7 Å². The lowest BCUT2D eigenvalue weighted by molar-refractivity contribution is -0.123. The highest BCUT2D eigenvalue weighted by atomic mass is 35.5. The highest BCUT2D eigenvalue weighted by Gasteiger charge is 2.25. The van der Waals surface area contributed by atoms with Crippen LogP contribution in [0, 0.1) is 5.92 Å². The molecule has 0 saturated heterocycles. The zero-order valence-electron chi connectivity index (χ0n) is 20.3. The van der Waals surface area contributed by atoms with Crippen molar-refractivity contribution in [1.29, 1.82) is 0 Å². The van der Waals surface area contributed by atoms with Gasteiger partial charge < -0.3 is 14.5 Å². The molecule has 36 heavy (non-hydrogen) atoms. The Morgan fingerprint density at radius 1 is 1.03 bits per heavy atom. The predicted octanol–water partition coefficient (Wildman–Crippen LogP) is 5.07. The average molecular weight is 510 g/mol. The van der Waals surface area contributed by atoms with Crippen LogP contribution in [0.2, 0.25) is 5.02 Å². The Bertz CT molecular complexity index is 1250. The number of hydrazone groups is 1. The number of hydrogen-bond donors (Lipinski definition) is 2. The zero-order chi connectivity index (χ0) is 26.1. The zero-order valence-corrected chi connectivity index (χ0v) is 21.0. The number of furan rings is 1. The van der Waals surface area contributed by atoms with Crippen molar-refractivity contribution in [3.05, 3.63) is 82.6 Å². The van der Waals surface area contributed by atoms with E-state index in [9.17, 15) is 14.4 Å². The second kappa shape index (κ2) is 12.7. The summed E-state index contributed by atoms with van der Waals surface area (Å²) in [6.45, 7) is 5.87. The largest absolute Gasteiger partial charge is 0.462 e. The fourth-order valence-electron chi connectivity index (χ4n) is 3.34. The molecule has 8 nitrogen and oxygen atoms in total. The summed E-state index contributed by atoms with van der Waals surface area (Å²) < 4.78 is 11.0. The van der Waals surface area contributed by atoms with Gasteiger partial charge in [-0.3, -0.25) is 9.59 Å². The fraction of sp³-hybridized carbons (Fsp3) is 0.259. The minimum absolute atomic E-state index is 0.203. The van der Waals surface area contributed by atoms with E-state index in [1.54, 1.807) is 60.7 Å². The molecule has 2 N–H and O–H groups in total. The number of nitrogens with one attached hydrogen (secondary N) is 2. The number of benzene rings is 2. The van der Waals surface area contributed by atoms with Gasteiger partial charge in [0, 0.05) is 5.56 Å². The number of nitrogens with zero attached hydrogens (tertiary/aromatic N) is 1. The highest BCUT2D eigenvalue weighted by molar-refractivity contribution is 6.33. The Morgan fingerprint density at radius 3 is 2.42 bits per heavy atom. The number of amides is 2. The number of esters is 1. The van der Waals surface area contributed by atoms with Crippen LogP contribution < -0.4 is 10.7 Å². The van der Waals surface area contributed by atoms with Gasteiger partial charge in [-0.25, -0.2) is 10.2 Å². The lowest BCUT2D eigenvalue weighted by Gasteiger charge is -2.20. The summed E-state index contributed by atoms with van der Waals surface area (Å²) in [4.78, 5) is 37.7. The average Bonchev–Trinajstić information content (AvgIpc) is 3.34. The van der Waals surface area contributed by atoms with E-state index < -0.39 is 23.8 Å². The molecule has 0 spiro atoms. The van der Waals surface area contributed by atoms with E-state index in [-0.39, 0.29) is 11.5 Å². The summed E-state index contributed by atoms with van der Waals surface area (Å²) in [5, 5.41) is 6.96. The fourth-order valence-corrected chi connectivity index (χ4v) is 3.57. The number of ether oxygens (including phenoxy) is 1. The number of halogens is 1. The van der Waals surface area contributed by atoms with Crippen LogP contribution in [0.25, 0.3) is 11.3 Å². The van der Waals surface area contributed by atoms with E-state index in [1.165, 1.54) is 6.21 Å². The topological polar surface area (TPSA) is 110 Å². The second-order valence-corrected chi connectivity index (χ2v) is 8.70. The third kappa shape index (κ3) is 6.82. The molecule has 1 heterocycles. The maximum atomic E-state index is 12.7. The van der Waals surface area contributed by atoms with Gasteiger partial charge in [0.2, 0.25) is 0 Å². The van der Waals surface area contributed by atoms with Crippen LogP contribution in [0.4, 0.5) is 0 Å². The molecule has 9 heteroatoms. The molecule has 0 aliphatic heterocycles. The predicted molar refractivity (Wildman–Crippen MR) is 138 cm³/mol. The van der Waals surface area contributed by atoms with E-state index in [0.29, 0.717) is 34.3 Å². The van der Waals surface area contributed by atoms with E-state index in [2.05, 4.69) is 15.8 Å². The second-order valence-electron chi connectivity index (χ2n) is 8.29. The third-order valence-corrected chi connectivity index (χ3v) is 5.53. The monoisotopic (exact) mass is 509 g/mol. The number of rotatable bonds is 10. The minimum atomic E-state index is -0.834. The Balaban J connectivity index is 1.67. The van der Waals surface area contributed by atoms with Gasteiger partial charge in [0.05, 0.1) is 29.0 Å². The van der Waals surface area contributed by atoms with Crippen molar-refractivity contribution in [2.45, 2.75) is 33.2 Å². The van der Waals surface area contributed by atoms with Crippen molar-refractivity contribution < 1.29 is 23.5 Å². The van der Waals surface area contributed by atoms with Crippen LogP contribution in [0.15, 0.2) is 70.2 Å². The molecule has 0 saturated carbocycles. The van der Waals surface area contributed by atoms with Crippen LogP contribution >= 0.6 is 11.6 Å². The van der Waals surface area contributed by atoms with Gasteiger partial charge in [-0.2, -0.15) is 5.10 Å². The number of carbonyl (C=O) groups excluding carboxylic acids is 3. The Kier molecular flexibility index (Phi) is 9.41. The van der Waals surface area contributed by atoms with Gasteiger partial charge in [0.1, 0.15) is 17.6 Å². The summed E-state index contributed by atoms with van der Waals surface area (Å²) in [7, 11) is 0. The summed E-state index contributed by atoms with van der Waals surface area (Å²) in [6.07, 6.45) is 2.06. The number of carbonyl (C=O) groups is 3. The molecule has 0 bridgehead atoms. The van der Waals surface area contributed by atoms with Gasteiger partial charge in [0.25, 0.3) is 11.8 Å². The minimum Gasteiger partial charge on any atom is -0.462 e. The van der Waals surface area contributed by atoms with Crippen LogP contribution in [-0.2, 0) is 9.53 Å². The summed E-state index contributed by atoms with van der Waals surface area (Å²) in [5.74, 6) is -0.750. The quantitative estimate of drug-likeness (QED) is 0.225. The van der Waals surface area contributed by atoms with E-state index >= 15 is 0 Å².